The van der Waals surface area contributed by atoms with E-state index in [0.717, 1.165) is 16.8 Å². The molecule has 0 bridgehead atoms. The normalized spacial score (nSPS) is 15.9. The number of aromatic nitrogens is 2. The highest BCUT2D eigenvalue weighted by Crippen LogP contribution is 2.40. The highest BCUT2D eigenvalue weighted by molar-refractivity contribution is 5.94. The van der Waals surface area contributed by atoms with Gasteiger partial charge in [0.2, 0.25) is 0 Å². The van der Waals surface area contributed by atoms with Gasteiger partial charge in [0.25, 0.3) is 5.91 Å². The largest absolute Gasteiger partial charge is 0.446 e. The van der Waals surface area contributed by atoms with Gasteiger partial charge in [-0.25, -0.2) is 4.98 Å². The number of fused-ring (bicyclic) bond motifs is 1. The molecule has 1 amide bonds. The summed E-state index contributed by atoms with van der Waals surface area (Å²) in [6.45, 7) is 0.524. The van der Waals surface area contributed by atoms with Gasteiger partial charge in [0.05, 0.1) is 11.8 Å². The first-order chi connectivity index (χ1) is 12.1. The molecule has 1 aliphatic rings. The van der Waals surface area contributed by atoms with E-state index in [1.54, 1.807) is 30.7 Å². The van der Waals surface area contributed by atoms with E-state index in [2.05, 4.69) is 33.1 Å². The summed E-state index contributed by atoms with van der Waals surface area (Å²) in [5, 5.41) is 0. The minimum absolute atomic E-state index is 0.0721. The van der Waals surface area contributed by atoms with E-state index in [0.29, 0.717) is 17.9 Å². The number of carbonyl (C=O) groups is 1. The Hall–Kier alpha value is -3.15. The highest BCUT2D eigenvalue weighted by Gasteiger charge is 2.37. The molecule has 6 heteroatoms. The Balaban J connectivity index is 1.78. The second-order valence-electron chi connectivity index (χ2n) is 6.26. The maximum absolute atomic E-state index is 13.1. The average Bonchev–Trinajstić information content (AvgIpc) is 3.28. The van der Waals surface area contributed by atoms with Crippen LogP contribution >= 0.6 is 0 Å². The molecule has 1 aromatic carbocycles. The van der Waals surface area contributed by atoms with Gasteiger partial charge in [0.15, 0.2) is 12.2 Å². The Morgan fingerprint density at radius 2 is 2.12 bits per heavy atom. The molecule has 25 heavy (non-hydrogen) atoms. The molecule has 0 radical (unpaired) electrons. The molecule has 0 N–H and O–H groups in total. The van der Waals surface area contributed by atoms with E-state index >= 15 is 0 Å². The first-order valence-corrected chi connectivity index (χ1v) is 8.04. The summed E-state index contributed by atoms with van der Waals surface area (Å²) in [6, 6.07) is 9.51. The number of carbonyl (C=O) groups excluding carboxylic acids is 1. The van der Waals surface area contributed by atoms with Gasteiger partial charge < -0.3 is 14.2 Å². The van der Waals surface area contributed by atoms with Gasteiger partial charge in [0, 0.05) is 38.7 Å². The number of amides is 1. The fraction of sp³-hybridized carbons (Fsp3) is 0.211. The Labute approximate surface area is 145 Å². The van der Waals surface area contributed by atoms with Crippen molar-refractivity contribution in [2.75, 3.05) is 19.0 Å². The lowest BCUT2D eigenvalue weighted by molar-refractivity contribution is 0.0703. The zero-order chi connectivity index (χ0) is 17.4. The van der Waals surface area contributed by atoms with Crippen LogP contribution in [0.2, 0.25) is 0 Å². The zero-order valence-electron chi connectivity index (χ0n) is 14.1. The molecule has 2 aromatic heterocycles. The molecule has 0 saturated heterocycles. The van der Waals surface area contributed by atoms with E-state index in [-0.39, 0.29) is 11.9 Å². The molecule has 126 valence electrons. The number of oxazole rings is 1. The fourth-order valence-corrected chi connectivity index (χ4v) is 3.23. The van der Waals surface area contributed by atoms with Crippen LogP contribution in [0.5, 0.6) is 0 Å². The van der Waals surface area contributed by atoms with Crippen molar-refractivity contribution >= 4 is 11.6 Å². The van der Waals surface area contributed by atoms with E-state index in [1.165, 1.54) is 6.39 Å². The minimum Gasteiger partial charge on any atom is -0.446 e. The van der Waals surface area contributed by atoms with Gasteiger partial charge in [-0.05, 0) is 35.4 Å². The predicted molar refractivity (Wildman–Crippen MR) is 93.2 cm³/mol. The molecule has 0 fully saturated rings. The molecule has 6 nitrogen and oxygen atoms in total. The molecule has 0 aliphatic carbocycles. The number of pyridine rings is 1. The first-order valence-electron chi connectivity index (χ1n) is 8.04. The lowest BCUT2D eigenvalue weighted by Gasteiger charge is -2.23. The van der Waals surface area contributed by atoms with Crippen molar-refractivity contribution in [2.24, 2.45) is 0 Å². The number of anilines is 1. The van der Waals surface area contributed by atoms with Crippen molar-refractivity contribution in [1.29, 1.82) is 0 Å². The van der Waals surface area contributed by atoms with Crippen LogP contribution in [0.15, 0.2) is 59.7 Å². The Bertz CT molecular complexity index is 891. The smallest absolute Gasteiger partial charge is 0.256 e. The molecule has 4 rings (SSSR count). The van der Waals surface area contributed by atoms with E-state index < -0.39 is 0 Å². The van der Waals surface area contributed by atoms with E-state index in [9.17, 15) is 4.79 Å². The Morgan fingerprint density at radius 1 is 1.24 bits per heavy atom. The monoisotopic (exact) mass is 334 g/mol. The predicted octanol–water partition coefficient (Wildman–Crippen LogP) is 2.88. The maximum Gasteiger partial charge on any atom is 0.256 e. The van der Waals surface area contributed by atoms with E-state index in [4.69, 9.17) is 4.42 Å². The average molecular weight is 334 g/mol. The molecule has 1 aliphatic heterocycles. The van der Waals surface area contributed by atoms with Crippen molar-refractivity contribution < 1.29 is 9.21 Å². The molecule has 0 spiro atoms. The number of hydrogen-bond acceptors (Lipinski definition) is 5. The van der Waals surface area contributed by atoms with Crippen molar-refractivity contribution in [3.05, 3.63) is 77.8 Å². The van der Waals surface area contributed by atoms with Crippen LogP contribution in [0, 0.1) is 0 Å². The molecular formula is C19H18N4O2. The van der Waals surface area contributed by atoms with Crippen molar-refractivity contribution in [1.82, 2.24) is 14.9 Å². The molecule has 1 unspecified atom stereocenters. The number of rotatable bonds is 3. The van der Waals surface area contributed by atoms with Crippen molar-refractivity contribution in [2.45, 2.75) is 12.6 Å². The van der Waals surface area contributed by atoms with Crippen LogP contribution < -0.4 is 4.90 Å². The lowest BCUT2D eigenvalue weighted by atomic mass is 10.0. The molecule has 3 heterocycles. The minimum atomic E-state index is -0.276. The van der Waals surface area contributed by atoms with Crippen LogP contribution in [0.4, 0.5) is 5.69 Å². The van der Waals surface area contributed by atoms with Gasteiger partial charge in [-0.2, -0.15) is 0 Å². The second-order valence-corrected chi connectivity index (χ2v) is 6.26. The van der Waals surface area contributed by atoms with Crippen LogP contribution in [0.1, 0.15) is 33.3 Å². The van der Waals surface area contributed by atoms with Gasteiger partial charge in [-0.3, -0.25) is 9.78 Å². The SMILES string of the molecule is CN(C)c1ccc2c(c1)CN(C(=O)c1cccnc1)C2c1cnco1. The summed E-state index contributed by atoms with van der Waals surface area (Å²) >= 11 is 0. The lowest BCUT2D eigenvalue weighted by Crippen LogP contribution is -2.30. The van der Waals surface area contributed by atoms with Crippen LogP contribution in [0.3, 0.4) is 0 Å². The van der Waals surface area contributed by atoms with Gasteiger partial charge in [-0.15, -0.1) is 0 Å². The second kappa shape index (κ2) is 6.05. The third-order valence-electron chi connectivity index (χ3n) is 4.48. The van der Waals surface area contributed by atoms with Crippen LogP contribution in [0.25, 0.3) is 0 Å². The topological polar surface area (TPSA) is 62.5 Å². The van der Waals surface area contributed by atoms with Crippen LogP contribution in [-0.2, 0) is 6.54 Å². The summed E-state index contributed by atoms with van der Waals surface area (Å²) in [7, 11) is 4.01. The number of nitrogens with zero attached hydrogens (tertiary/aromatic N) is 4. The maximum atomic E-state index is 13.1. The molecular weight excluding hydrogens is 316 g/mol. The fourth-order valence-electron chi connectivity index (χ4n) is 3.23. The third-order valence-corrected chi connectivity index (χ3v) is 4.48. The third kappa shape index (κ3) is 2.65. The van der Waals surface area contributed by atoms with Gasteiger partial charge in [-0.1, -0.05) is 6.07 Å². The molecule has 3 aromatic rings. The number of benzene rings is 1. The standard InChI is InChI=1S/C19H18N4O2/c1-22(2)15-5-6-16-14(8-15)11-23(18(16)17-10-21-12-25-17)19(24)13-4-3-7-20-9-13/h3-10,12,18H,11H2,1-2H3. The Kier molecular flexibility index (Phi) is 3.72. The zero-order valence-corrected chi connectivity index (χ0v) is 14.1. The summed E-state index contributed by atoms with van der Waals surface area (Å²) in [5.41, 5.74) is 3.85. The van der Waals surface area contributed by atoms with Crippen molar-refractivity contribution in [3.63, 3.8) is 0 Å². The Morgan fingerprint density at radius 3 is 2.80 bits per heavy atom. The summed E-state index contributed by atoms with van der Waals surface area (Å²) < 4.78 is 5.54. The van der Waals surface area contributed by atoms with Gasteiger partial charge >= 0.3 is 0 Å². The summed E-state index contributed by atoms with van der Waals surface area (Å²) in [6.07, 6.45) is 6.32. The molecule has 0 saturated carbocycles. The highest BCUT2D eigenvalue weighted by atomic mass is 16.3. The number of hydrogen-bond donors (Lipinski definition) is 0. The summed E-state index contributed by atoms with van der Waals surface area (Å²) in [5.74, 6) is 0.589. The first kappa shape index (κ1) is 15.4. The van der Waals surface area contributed by atoms with Crippen molar-refractivity contribution in [3.8, 4) is 0 Å². The van der Waals surface area contributed by atoms with Gasteiger partial charge in [0.1, 0.15) is 6.04 Å². The van der Waals surface area contributed by atoms with Crippen LogP contribution in [-0.4, -0.2) is 34.9 Å². The quantitative estimate of drug-likeness (QED) is 0.737. The summed E-state index contributed by atoms with van der Waals surface area (Å²) in [4.78, 5) is 25.0. The van der Waals surface area contributed by atoms with E-state index in [1.807, 2.05) is 19.0 Å². The molecule has 1 atom stereocenters.